The van der Waals surface area contributed by atoms with Crippen molar-refractivity contribution in [1.29, 1.82) is 0 Å². The van der Waals surface area contributed by atoms with Gasteiger partial charge in [0.1, 0.15) is 5.82 Å². The molecule has 0 aliphatic heterocycles. The molecule has 258 valence electrons. The van der Waals surface area contributed by atoms with Crippen molar-refractivity contribution in [3.05, 3.63) is 211 Å². The first-order valence-corrected chi connectivity index (χ1v) is 20.7. The third kappa shape index (κ3) is 4.82. The Hall–Kier alpha value is -6.29. The van der Waals surface area contributed by atoms with Gasteiger partial charge in [0.15, 0.2) is 8.07 Å². The van der Waals surface area contributed by atoms with Crippen molar-refractivity contribution >= 4 is 50.6 Å². The number of hydrogen-bond donors (Lipinski definition) is 0. The molecule has 1 aromatic heterocycles. The Morgan fingerprint density at radius 2 is 0.926 bits per heavy atom. The van der Waals surface area contributed by atoms with E-state index in [9.17, 15) is 4.39 Å². The quantitative estimate of drug-likeness (QED) is 0.120. The number of nitrogens with zero attached hydrogens (tertiary/aromatic N) is 1. The van der Waals surface area contributed by atoms with Crippen LogP contribution in [0.15, 0.2) is 194 Å². The average Bonchev–Trinajstić information content (AvgIpc) is 3.67. The maximum atomic E-state index is 13.9. The smallest absolute Gasteiger partial charge is 0.179 e. The zero-order valence-electron chi connectivity index (χ0n) is 30.3. The van der Waals surface area contributed by atoms with Gasteiger partial charge in [0.05, 0.1) is 11.0 Å². The Balaban J connectivity index is 1.12. The van der Waals surface area contributed by atoms with Crippen LogP contribution in [0.3, 0.4) is 0 Å². The summed E-state index contributed by atoms with van der Waals surface area (Å²) in [4.78, 5) is 0. The lowest BCUT2D eigenvalue weighted by Crippen LogP contribution is -2.74. The van der Waals surface area contributed by atoms with E-state index in [0.717, 1.165) is 16.7 Å². The van der Waals surface area contributed by atoms with E-state index in [2.05, 4.69) is 188 Å². The van der Waals surface area contributed by atoms with Gasteiger partial charge in [-0.15, -0.1) is 0 Å². The first-order valence-electron chi connectivity index (χ1n) is 18.7. The Labute approximate surface area is 316 Å². The van der Waals surface area contributed by atoms with Gasteiger partial charge < -0.3 is 4.57 Å². The molecule has 1 nitrogen and oxygen atoms in total. The van der Waals surface area contributed by atoms with Crippen molar-refractivity contribution in [2.24, 2.45) is 0 Å². The fraction of sp³-hybridized carbons (Fsp3) is 0.0588. The van der Waals surface area contributed by atoms with Gasteiger partial charge in [-0.2, -0.15) is 0 Å². The topological polar surface area (TPSA) is 4.93 Å². The van der Waals surface area contributed by atoms with Crippen LogP contribution < -0.4 is 20.7 Å². The van der Waals surface area contributed by atoms with Gasteiger partial charge in [-0.25, -0.2) is 4.39 Å². The minimum atomic E-state index is -2.67. The summed E-state index contributed by atoms with van der Waals surface area (Å²) in [6, 6.07) is 70.0. The van der Waals surface area contributed by atoms with Gasteiger partial charge in [0, 0.05) is 21.9 Å². The standard InChI is InChI=1S/C51H38FNSi/c1-51(2)47-33-36(35-23-31-50-46(32-35)45-20-12-13-21-49(45)53(50)38-26-24-37(52)25-27-38)22-29-43(47)44-30-28-42(34-48(44)51)54(39-14-6-3-7-15-39,40-16-8-4-9-17-40)41-18-10-5-11-19-41/h3-34H,1-2H3. The van der Waals surface area contributed by atoms with E-state index in [-0.39, 0.29) is 11.2 Å². The summed E-state index contributed by atoms with van der Waals surface area (Å²) in [7, 11) is -2.67. The summed E-state index contributed by atoms with van der Waals surface area (Å²) in [6.45, 7) is 4.78. The molecule has 1 aliphatic rings. The summed E-state index contributed by atoms with van der Waals surface area (Å²) in [5, 5.41) is 7.92. The Morgan fingerprint density at radius 3 is 1.56 bits per heavy atom. The second kappa shape index (κ2) is 12.4. The van der Waals surface area contributed by atoms with E-state index in [4.69, 9.17) is 0 Å². The molecule has 0 saturated carbocycles. The van der Waals surface area contributed by atoms with Gasteiger partial charge in [0.25, 0.3) is 0 Å². The molecular formula is C51H38FNSi. The summed E-state index contributed by atoms with van der Waals surface area (Å²) >= 11 is 0. The molecule has 0 N–H and O–H groups in total. The van der Waals surface area contributed by atoms with Crippen LogP contribution >= 0.6 is 0 Å². The second-order valence-corrected chi connectivity index (χ2v) is 18.9. The normalized spacial score (nSPS) is 13.2. The highest BCUT2D eigenvalue weighted by Gasteiger charge is 2.44. The predicted molar refractivity (Wildman–Crippen MR) is 227 cm³/mol. The fourth-order valence-electron chi connectivity index (χ4n) is 9.24. The average molecular weight is 712 g/mol. The zero-order valence-corrected chi connectivity index (χ0v) is 31.3. The Morgan fingerprint density at radius 1 is 0.426 bits per heavy atom. The molecule has 3 heteroatoms. The molecule has 0 spiro atoms. The number of hydrogen-bond acceptors (Lipinski definition) is 0. The third-order valence-corrected chi connectivity index (χ3v) is 16.6. The van der Waals surface area contributed by atoms with Crippen LogP contribution in [0.5, 0.6) is 0 Å². The van der Waals surface area contributed by atoms with Gasteiger partial charge in [0.2, 0.25) is 0 Å². The van der Waals surface area contributed by atoms with E-state index >= 15 is 0 Å². The minimum Gasteiger partial charge on any atom is -0.309 e. The van der Waals surface area contributed by atoms with Crippen LogP contribution in [0.25, 0.3) is 49.7 Å². The molecule has 0 radical (unpaired) electrons. The van der Waals surface area contributed by atoms with Crippen LogP contribution in [0, 0.1) is 5.82 Å². The van der Waals surface area contributed by atoms with E-state index in [1.165, 1.54) is 77.0 Å². The summed E-state index contributed by atoms with van der Waals surface area (Å²) in [5.41, 5.74) is 10.7. The van der Waals surface area contributed by atoms with E-state index in [0.29, 0.717) is 0 Å². The highest BCUT2D eigenvalue weighted by Crippen LogP contribution is 2.49. The molecule has 1 heterocycles. The van der Waals surface area contributed by atoms with Gasteiger partial charge in [-0.3, -0.25) is 0 Å². The molecule has 0 unspecified atom stereocenters. The molecule has 10 rings (SSSR count). The van der Waals surface area contributed by atoms with Gasteiger partial charge >= 0.3 is 0 Å². The number of rotatable bonds is 6. The number of aromatic nitrogens is 1. The molecule has 0 fully saturated rings. The lowest BCUT2D eigenvalue weighted by atomic mass is 9.81. The van der Waals surface area contributed by atoms with Crippen molar-refractivity contribution in [2.75, 3.05) is 0 Å². The van der Waals surface area contributed by atoms with Crippen molar-refractivity contribution in [3.63, 3.8) is 0 Å². The van der Waals surface area contributed by atoms with Crippen LogP contribution in [0.2, 0.25) is 0 Å². The van der Waals surface area contributed by atoms with Gasteiger partial charge in [-0.05, 0) is 103 Å². The highest BCUT2D eigenvalue weighted by molar-refractivity contribution is 7.19. The number of para-hydroxylation sites is 1. The van der Waals surface area contributed by atoms with Crippen molar-refractivity contribution in [1.82, 2.24) is 4.57 Å². The molecule has 0 bridgehead atoms. The molecule has 54 heavy (non-hydrogen) atoms. The zero-order chi connectivity index (χ0) is 36.4. The van der Waals surface area contributed by atoms with E-state index in [1.807, 2.05) is 12.1 Å². The maximum Gasteiger partial charge on any atom is 0.179 e. The maximum absolute atomic E-state index is 13.9. The molecular weight excluding hydrogens is 674 g/mol. The van der Waals surface area contributed by atoms with Crippen molar-refractivity contribution < 1.29 is 4.39 Å². The SMILES string of the molecule is CC1(C)c2cc(-c3ccc4c(c3)c3ccccc3n4-c3ccc(F)cc3)ccc2-c2ccc([Si](c3ccccc3)(c3ccccc3)c3ccccc3)cc21. The Bertz CT molecular complexity index is 2740. The molecule has 9 aromatic rings. The molecule has 1 aliphatic carbocycles. The molecule has 0 amide bonds. The summed E-state index contributed by atoms with van der Waals surface area (Å²) < 4.78 is 16.1. The van der Waals surface area contributed by atoms with Crippen LogP contribution in [0.4, 0.5) is 4.39 Å². The number of fused-ring (bicyclic) bond motifs is 6. The first-order chi connectivity index (χ1) is 26.4. The third-order valence-electron chi connectivity index (χ3n) is 11.8. The Kier molecular flexibility index (Phi) is 7.43. The van der Waals surface area contributed by atoms with Crippen molar-refractivity contribution in [2.45, 2.75) is 19.3 Å². The fourth-order valence-corrected chi connectivity index (χ4v) is 14.0. The van der Waals surface area contributed by atoms with Crippen LogP contribution in [-0.2, 0) is 5.41 Å². The largest absolute Gasteiger partial charge is 0.309 e. The highest BCUT2D eigenvalue weighted by atomic mass is 28.3. The van der Waals surface area contributed by atoms with E-state index < -0.39 is 8.07 Å². The molecule has 0 atom stereocenters. The number of benzene rings is 8. The van der Waals surface area contributed by atoms with Gasteiger partial charge in [-0.1, -0.05) is 159 Å². The van der Waals surface area contributed by atoms with Crippen molar-refractivity contribution in [3.8, 4) is 27.9 Å². The lowest BCUT2D eigenvalue weighted by Gasteiger charge is -2.35. The second-order valence-electron chi connectivity index (χ2n) is 15.1. The number of halogens is 1. The minimum absolute atomic E-state index is 0.205. The summed E-state index contributed by atoms with van der Waals surface area (Å²) in [6.07, 6.45) is 0. The molecule has 0 saturated heterocycles. The lowest BCUT2D eigenvalue weighted by molar-refractivity contribution is 0.627. The first kappa shape index (κ1) is 32.4. The summed E-state index contributed by atoms with van der Waals surface area (Å²) in [5.74, 6) is -0.232. The van der Waals surface area contributed by atoms with E-state index in [1.54, 1.807) is 0 Å². The molecule has 8 aromatic carbocycles. The monoisotopic (exact) mass is 711 g/mol. The van der Waals surface area contributed by atoms with Crippen LogP contribution in [-0.4, -0.2) is 12.6 Å². The van der Waals surface area contributed by atoms with Crippen LogP contribution in [0.1, 0.15) is 25.0 Å². The predicted octanol–water partition coefficient (Wildman–Crippen LogP) is 10.3.